The van der Waals surface area contributed by atoms with Crippen molar-refractivity contribution < 1.29 is 9.18 Å². The molecule has 0 aliphatic carbocycles. The second-order valence-corrected chi connectivity index (χ2v) is 5.40. The van der Waals surface area contributed by atoms with Crippen LogP contribution in [0.15, 0.2) is 61.2 Å². The fourth-order valence-corrected chi connectivity index (χ4v) is 2.31. The number of amides is 1. The molecule has 126 valence electrons. The molecule has 0 aliphatic rings. The molecular weight excluding hydrogens is 321 g/mol. The first-order valence-corrected chi connectivity index (χ1v) is 7.50. The summed E-state index contributed by atoms with van der Waals surface area (Å²) in [6.45, 7) is 0. The molecule has 0 aliphatic heterocycles. The minimum atomic E-state index is -0.529. The van der Waals surface area contributed by atoms with Crippen LogP contribution in [-0.2, 0) is 0 Å². The largest absolute Gasteiger partial charge is 0.399 e. The quantitative estimate of drug-likeness (QED) is 0.714. The molecule has 0 unspecified atom stereocenters. The van der Waals surface area contributed by atoms with Crippen molar-refractivity contribution in [2.75, 3.05) is 23.0 Å². The lowest BCUT2D eigenvalue weighted by molar-refractivity contribution is 0.102. The second kappa shape index (κ2) is 6.96. The van der Waals surface area contributed by atoms with Gasteiger partial charge in [-0.25, -0.2) is 14.4 Å². The zero-order valence-electron chi connectivity index (χ0n) is 13.5. The van der Waals surface area contributed by atoms with E-state index in [1.807, 2.05) is 0 Å². The van der Waals surface area contributed by atoms with Crippen LogP contribution < -0.4 is 16.0 Å². The Morgan fingerprint density at radius 3 is 2.60 bits per heavy atom. The summed E-state index contributed by atoms with van der Waals surface area (Å²) in [6.07, 6.45) is 4.71. The van der Waals surface area contributed by atoms with E-state index >= 15 is 0 Å². The molecule has 0 bridgehead atoms. The third kappa shape index (κ3) is 3.72. The van der Waals surface area contributed by atoms with Crippen LogP contribution in [0.25, 0.3) is 0 Å². The highest BCUT2D eigenvalue weighted by molar-refractivity contribution is 6.05. The van der Waals surface area contributed by atoms with Crippen LogP contribution >= 0.6 is 0 Å². The molecular formula is C18H16FN5O. The zero-order valence-corrected chi connectivity index (χ0v) is 13.5. The molecule has 1 heterocycles. The Hall–Kier alpha value is -3.48. The van der Waals surface area contributed by atoms with Gasteiger partial charge in [-0.05, 0) is 36.4 Å². The van der Waals surface area contributed by atoms with Gasteiger partial charge in [0.1, 0.15) is 12.1 Å². The number of nitrogens with one attached hydrogen (secondary N) is 1. The monoisotopic (exact) mass is 337 g/mol. The second-order valence-electron chi connectivity index (χ2n) is 5.40. The van der Waals surface area contributed by atoms with Gasteiger partial charge in [0.15, 0.2) is 0 Å². The van der Waals surface area contributed by atoms with Crippen LogP contribution in [0.4, 0.5) is 27.1 Å². The molecule has 3 N–H and O–H groups in total. The van der Waals surface area contributed by atoms with Crippen LogP contribution in [0.5, 0.6) is 0 Å². The number of benzene rings is 2. The normalized spacial score (nSPS) is 10.3. The SMILES string of the molecule is CN(c1cncnc1)c1ccc(F)c(NC(=O)c2cccc(N)c2)c1. The third-order valence-corrected chi connectivity index (χ3v) is 3.67. The summed E-state index contributed by atoms with van der Waals surface area (Å²) in [6, 6.07) is 10.9. The lowest BCUT2D eigenvalue weighted by Crippen LogP contribution is -2.15. The highest BCUT2D eigenvalue weighted by Crippen LogP contribution is 2.27. The number of carbonyl (C=O) groups excluding carboxylic acids is 1. The van der Waals surface area contributed by atoms with E-state index in [1.165, 1.54) is 18.5 Å². The first-order chi connectivity index (χ1) is 12.0. The van der Waals surface area contributed by atoms with Gasteiger partial charge in [-0.3, -0.25) is 4.79 Å². The third-order valence-electron chi connectivity index (χ3n) is 3.67. The number of halogens is 1. The molecule has 1 aromatic heterocycles. The molecule has 0 saturated carbocycles. The van der Waals surface area contributed by atoms with Gasteiger partial charge in [0.05, 0.1) is 23.8 Å². The number of anilines is 4. The summed E-state index contributed by atoms with van der Waals surface area (Å²) in [5, 5.41) is 2.57. The van der Waals surface area contributed by atoms with Gasteiger partial charge in [-0.1, -0.05) is 6.07 Å². The number of hydrogen-bond acceptors (Lipinski definition) is 5. The Balaban J connectivity index is 1.86. The number of nitrogens with two attached hydrogens (primary N) is 1. The Labute approximate surface area is 144 Å². The van der Waals surface area contributed by atoms with E-state index in [0.29, 0.717) is 16.9 Å². The number of aromatic nitrogens is 2. The molecule has 2 aromatic carbocycles. The molecule has 25 heavy (non-hydrogen) atoms. The van der Waals surface area contributed by atoms with Gasteiger partial charge in [0, 0.05) is 24.0 Å². The van der Waals surface area contributed by atoms with E-state index < -0.39 is 11.7 Å². The smallest absolute Gasteiger partial charge is 0.255 e. The molecule has 3 aromatic rings. The van der Waals surface area contributed by atoms with Crippen LogP contribution in [0.2, 0.25) is 0 Å². The van der Waals surface area contributed by atoms with Gasteiger partial charge in [0.2, 0.25) is 0 Å². The first kappa shape index (κ1) is 16.4. The molecule has 0 fully saturated rings. The van der Waals surface area contributed by atoms with Crippen molar-refractivity contribution >= 4 is 28.7 Å². The van der Waals surface area contributed by atoms with Crippen molar-refractivity contribution in [3.63, 3.8) is 0 Å². The minimum Gasteiger partial charge on any atom is -0.399 e. The van der Waals surface area contributed by atoms with Gasteiger partial charge >= 0.3 is 0 Å². The van der Waals surface area contributed by atoms with Gasteiger partial charge in [0.25, 0.3) is 5.91 Å². The van der Waals surface area contributed by atoms with Gasteiger partial charge in [-0.2, -0.15) is 0 Å². The Morgan fingerprint density at radius 1 is 1.12 bits per heavy atom. The molecule has 6 nitrogen and oxygen atoms in total. The highest BCUT2D eigenvalue weighted by Gasteiger charge is 2.12. The summed E-state index contributed by atoms with van der Waals surface area (Å²) in [4.78, 5) is 22.0. The van der Waals surface area contributed by atoms with E-state index in [1.54, 1.807) is 54.7 Å². The summed E-state index contributed by atoms with van der Waals surface area (Å²) in [7, 11) is 1.80. The maximum absolute atomic E-state index is 14.1. The predicted octanol–water partition coefficient (Wildman–Crippen LogP) is 3.22. The topological polar surface area (TPSA) is 84.1 Å². The van der Waals surface area contributed by atoms with Crippen LogP contribution in [-0.4, -0.2) is 22.9 Å². The van der Waals surface area contributed by atoms with Crippen LogP contribution in [0.3, 0.4) is 0 Å². The molecule has 7 heteroatoms. The maximum atomic E-state index is 14.1. The molecule has 3 rings (SSSR count). The molecule has 0 saturated heterocycles. The average Bonchev–Trinajstić information content (AvgIpc) is 2.63. The van der Waals surface area contributed by atoms with Crippen molar-refractivity contribution in [2.45, 2.75) is 0 Å². The van der Waals surface area contributed by atoms with E-state index in [-0.39, 0.29) is 5.69 Å². The first-order valence-electron chi connectivity index (χ1n) is 7.50. The van der Waals surface area contributed by atoms with E-state index in [9.17, 15) is 9.18 Å². The Morgan fingerprint density at radius 2 is 1.88 bits per heavy atom. The Bertz CT molecular complexity index is 901. The fraction of sp³-hybridized carbons (Fsp3) is 0.0556. The summed E-state index contributed by atoms with van der Waals surface area (Å²) < 4.78 is 14.1. The maximum Gasteiger partial charge on any atom is 0.255 e. The summed E-state index contributed by atoms with van der Waals surface area (Å²) in [5.74, 6) is -0.965. The average molecular weight is 337 g/mol. The van der Waals surface area contributed by atoms with E-state index in [2.05, 4.69) is 15.3 Å². The highest BCUT2D eigenvalue weighted by atomic mass is 19.1. The Kier molecular flexibility index (Phi) is 4.56. The summed E-state index contributed by atoms with van der Waals surface area (Å²) >= 11 is 0. The lowest BCUT2D eigenvalue weighted by Gasteiger charge is -2.19. The standard InChI is InChI=1S/C18H16FN5O/c1-24(15-9-21-11-22-10-15)14-5-6-16(19)17(8-14)23-18(25)12-3-2-4-13(20)7-12/h2-11H,20H2,1H3,(H,23,25). The summed E-state index contributed by atoms with van der Waals surface area (Å²) in [5.41, 5.74) is 7.99. The number of nitrogens with zero attached hydrogens (tertiary/aromatic N) is 3. The number of hydrogen-bond donors (Lipinski definition) is 2. The van der Waals surface area contributed by atoms with Crippen molar-refractivity contribution in [1.29, 1.82) is 0 Å². The lowest BCUT2D eigenvalue weighted by atomic mass is 10.1. The van der Waals surface area contributed by atoms with Crippen molar-refractivity contribution in [2.24, 2.45) is 0 Å². The molecule has 0 spiro atoms. The van der Waals surface area contributed by atoms with Crippen LogP contribution in [0, 0.1) is 5.82 Å². The van der Waals surface area contributed by atoms with Crippen LogP contribution in [0.1, 0.15) is 10.4 Å². The predicted molar refractivity (Wildman–Crippen MR) is 95.3 cm³/mol. The molecule has 0 radical (unpaired) electrons. The van der Waals surface area contributed by atoms with Gasteiger partial charge in [-0.15, -0.1) is 0 Å². The van der Waals surface area contributed by atoms with Gasteiger partial charge < -0.3 is 16.0 Å². The zero-order chi connectivity index (χ0) is 17.8. The molecule has 1 amide bonds. The molecule has 0 atom stereocenters. The minimum absolute atomic E-state index is 0.0774. The number of rotatable bonds is 4. The fourth-order valence-electron chi connectivity index (χ4n) is 2.31. The van der Waals surface area contributed by atoms with Crippen molar-refractivity contribution in [3.05, 3.63) is 72.6 Å². The number of nitrogen functional groups attached to an aromatic ring is 1. The van der Waals surface area contributed by atoms with E-state index in [4.69, 9.17) is 5.73 Å². The van der Waals surface area contributed by atoms with Crippen molar-refractivity contribution in [1.82, 2.24) is 9.97 Å². The van der Waals surface area contributed by atoms with Crippen molar-refractivity contribution in [3.8, 4) is 0 Å². The van der Waals surface area contributed by atoms with E-state index in [0.717, 1.165) is 5.69 Å². The number of carbonyl (C=O) groups is 1.